The number of unbranched alkanes of at least 4 members (excludes halogenated alkanes) is 11. The molecule has 0 bridgehead atoms. The van der Waals surface area contributed by atoms with E-state index in [1.807, 2.05) is 39.8 Å². The van der Waals surface area contributed by atoms with Crippen molar-refractivity contribution in [3.05, 3.63) is 72.8 Å². The largest absolute Gasteiger partial charge is 0.459 e. The van der Waals surface area contributed by atoms with Gasteiger partial charge < -0.3 is 18.0 Å². The molecule has 5 nitrogen and oxygen atoms in total. The van der Waals surface area contributed by atoms with Crippen molar-refractivity contribution < 1.29 is 53.5 Å². The molecule has 0 fully saturated rings. The van der Waals surface area contributed by atoms with Crippen molar-refractivity contribution in [1.82, 2.24) is 0 Å². The number of cyclic esters (lactones) is 1. The third-order valence-corrected chi connectivity index (χ3v) is 34.0. The van der Waals surface area contributed by atoms with Crippen molar-refractivity contribution in [3.8, 4) is 0 Å². The zero-order valence-electron chi connectivity index (χ0n) is 50.0. The summed E-state index contributed by atoms with van der Waals surface area (Å²) in [6, 6.07) is 20.3. The third kappa shape index (κ3) is 18.9. The average molecular weight is 1150 g/mol. The van der Waals surface area contributed by atoms with E-state index in [2.05, 4.69) is 118 Å². The molecule has 0 saturated heterocycles. The van der Waals surface area contributed by atoms with Gasteiger partial charge in [-0.3, -0.25) is 0 Å². The smallest absolute Gasteiger partial charge is 0.459 e. The fourth-order valence-corrected chi connectivity index (χ4v) is 27.8. The number of hydrogen-bond acceptors (Lipinski definition) is 5. The van der Waals surface area contributed by atoms with Crippen LogP contribution in [0.5, 0.6) is 0 Å². The SMILES string of the molecule is CCCCCCCCCCCCCC[C@H](CC[C@H](C[C@@H](C[C@@H]1CC=CC(=O)O1)O[Si](C(C)C)(C(C)C)C(C)C)O[Si](CCC(F)(F)C(F)(F)C(F)(F)F)(C(C)C)C(C)C)O[Si](c1ccccc1)(c1ccccc1)C(C)(C)C. The van der Waals surface area contributed by atoms with Gasteiger partial charge in [0.05, 0.1) is 6.10 Å². The molecule has 1 aliphatic heterocycles. The first kappa shape index (κ1) is 69.0. The van der Waals surface area contributed by atoms with Crippen LogP contribution >= 0.6 is 0 Å². The molecule has 2 aromatic carbocycles. The second-order valence-electron chi connectivity index (χ2n) is 25.2. The fourth-order valence-electron chi connectivity index (χ4n) is 12.8. The summed E-state index contributed by atoms with van der Waals surface area (Å²) in [7, 11) is -9.48. The molecule has 0 N–H and O–H groups in total. The number of esters is 1. The highest BCUT2D eigenvalue weighted by Crippen LogP contribution is 2.52. The lowest BCUT2D eigenvalue weighted by Gasteiger charge is -2.47. The Morgan fingerprint density at radius 1 is 0.571 bits per heavy atom. The predicted octanol–water partition coefficient (Wildman–Crippen LogP) is 19.4. The van der Waals surface area contributed by atoms with Crippen LogP contribution < -0.4 is 10.4 Å². The first-order valence-corrected chi connectivity index (χ1v) is 36.1. The van der Waals surface area contributed by atoms with Gasteiger partial charge in [-0.1, -0.05) is 241 Å². The van der Waals surface area contributed by atoms with Crippen molar-refractivity contribution in [2.24, 2.45) is 0 Å². The van der Waals surface area contributed by atoms with Crippen LogP contribution in [0.1, 0.15) is 219 Å². The van der Waals surface area contributed by atoms with E-state index in [1.54, 1.807) is 6.08 Å². The van der Waals surface area contributed by atoms with Gasteiger partial charge in [-0.15, -0.1) is 0 Å². The standard InChI is InChI=1S/C62H103F7O5Si3/c1-15-16-17-18-19-20-21-22-23-24-25-28-34-52(74-77(59(12,13)14,56-36-29-26-30-37-56)57-38-31-27-32-39-57)41-42-54(72-75(47(2)3,48(4)5)44-43-60(63,64)61(65,66)62(67,68)69)46-55(45-53-35-33-40-58(70)71-53)73-76(49(6)7,50(8)9)51(10)11/h26-27,29-33,36-40,47-55H,15-25,28,34-35,41-46H2,1-14H3/t52-,53+,54-,55-/m1/s1. The van der Waals surface area contributed by atoms with E-state index >= 15 is 8.78 Å². The summed E-state index contributed by atoms with van der Waals surface area (Å²) >= 11 is 0. The van der Waals surface area contributed by atoms with Gasteiger partial charge in [0.25, 0.3) is 8.32 Å². The van der Waals surface area contributed by atoms with Gasteiger partial charge in [-0.05, 0) is 74.8 Å². The summed E-state index contributed by atoms with van der Waals surface area (Å²) < 4.78 is 130. The number of ether oxygens (including phenoxy) is 1. The monoisotopic (exact) mass is 1140 g/mol. The van der Waals surface area contributed by atoms with Crippen molar-refractivity contribution in [1.29, 1.82) is 0 Å². The number of alkyl halides is 7. The van der Waals surface area contributed by atoms with E-state index in [1.165, 1.54) is 57.4 Å². The highest BCUT2D eigenvalue weighted by atomic mass is 28.4. The Morgan fingerprint density at radius 2 is 1.03 bits per heavy atom. The highest BCUT2D eigenvalue weighted by molar-refractivity contribution is 6.99. The van der Waals surface area contributed by atoms with Crippen LogP contribution in [-0.2, 0) is 22.8 Å². The molecule has 2 aromatic rings. The molecule has 0 radical (unpaired) electrons. The minimum Gasteiger partial charge on any atom is -0.459 e. The number of carbonyl (C=O) groups is 1. The fraction of sp³-hybridized carbons (Fsp3) is 0.758. The van der Waals surface area contributed by atoms with E-state index < -0.39 is 90.8 Å². The van der Waals surface area contributed by atoms with Crippen LogP contribution in [0, 0.1) is 0 Å². The minimum atomic E-state index is -6.44. The maximum absolute atomic E-state index is 15.5. The Morgan fingerprint density at radius 3 is 1.44 bits per heavy atom. The molecule has 15 heteroatoms. The summed E-state index contributed by atoms with van der Waals surface area (Å²) in [5, 5.41) is 1.93. The van der Waals surface area contributed by atoms with Crippen LogP contribution in [0.4, 0.5) is 30.7 Å². The molecule has 0 aliphatic carbocycles. The number of rotatable bonds is 37. The lowest BCUT2D eigenvalue weighted by atomic mass is 9.98. The van der Waals surface area contributed by atoms with Crippen LogP contribution in [0.15, 0.2) is 72.8 Å². The molecule has 0 saturated carbocycles. The summed E-state index contributed by atoms with van der Waals surface area (Å²) in [6.07, 6.45) is 10.2. The molecule has 0 unspecified atom stereocenters. The predicted molar refractivity (Wildman–Crippen MR) is 312 cm³/mol. The highest BCUT2D eigenvalue weighted by Gasteiger charge is 2.73. The molecule has 442 valence electrons. The van der Waals surface area contributed by atoms with Gasteiger partial charge in [-0.25, -0.2) is 4.79 Å². The molecule has 0 amide bonds. The second kappa shape index (κ2) is 31.2. The zero-order chi connectivity index (χ0) is 57.9. The number of benzene rings is 2. The molecular weight excluding hydrogens is 1040 g/mol. The molecule has 1 heterocycles. The molecule has 1 aliphatic rings. The molecule has 0 aromatic heterocycles. The van der Waals surface area contributed by atoms with E-state index in [0.29, 0.717) is 25.7 Å². The van der Waals surface area contributed by atoms with E-state index in [4.69, 9.17) is 18.0 Å². The third-order valence-electron chi connectivity index (χ3n) is 17.0. The first-order chi connectivity index (χ1) is 35.9. The Kier molecular flexibility index (Phi) is 28.0. The first-order valence-electron chi connectivity index (χ1n) is 29.8. The van der Waals surface area contributed by atoms with Crippen LogP contribution in [0.3, 0.4) is 0 Å². The van der Waals surface area contributed by atoms with Gasteiger partial charge in [0.1, 0.15) is 6.10 Å². The summed E-state index contributed by atoms with van der Waals surface area (Å²) in [6.45, 7) is 29.4. The number of carbonyl (C=O) groups excluding carboxylic acids is 1. The Labute approximate surface area is 465 Å². The second-order valence-corrected chi connectivity index (χ2v) is 39.8. The molecule has 0 spiro atoms. The van der Waals surface area contributed by atoms with Crippen LogP contribution in [0.25, 0.3) is 0 Å². The maximum atomic E-state index is 15.5. The number of halogens is 7. The van der Waals surface area contributed by atoms with Gasteiger partial charge in [0.2, 0.25) is 8.32 Å². The van der Waals surface area contributed by atoms with Crippen LogP contribution in [-0.4, -0.2) is 73.4 Å². The topological polar surface area (TPSA) is 54.0 Å². The molecule has 77 heavy (non-hydrogen) atoms. The van der Waals surface area contributed by atoms with Gasteiger partial charge >= 0.3 is 24.0 Å². The van der Waals surface area contributed by atoms with Gasteiger partial charge in [0, 0.05) is 37.5 Å². The Balaban J connectivity index is 2.24. The van der Waals surface area contributed by atoms with Crippen LogP contribution in [0.2, 0.25) is 38.8 Å². The molecule has 3 rings (SSSR count). The van der Waals surface area contributed by atoms with Crippen molar-refractivity contribution >= 4 is 41.3 Å². The van der Waals surface area contributed by atoms with E-state index in [9.17, 15) is 26.7 Å². The maximum Gasteiger partial charge on any atom is 0.459 e. The lowest BCUT2D eigenvalue weighted by Crippen LogP contribution is -2.67. The summed E-state index contributed by atoms with van der Waals surface area (Å²) in [5.74, 6) is -12.0. The van der Waals surface area contributed by atoms with Crippen molar-refractivity contribution in [2.45, 2.75) is 300 Å². The normalized spacial score (nSPS) is 16.8. The van der Waals surface area contributed by atoms with Crippen molar-refractivity contribution in [3.63, 3.8) is 0 Å². The summed E-state index contributed by atoms with van der Waals surface area (Å²) in [5.41, 5.74) is -0.351. The molecule has 4 atom stereocenters. The van der Waals surface area contributed by atoms with Crippen molar-refractivity contribution in [2.75, 3.05) is 0 Å². The average Bonchev–Trinajstić information content (AvgIpc) is 3.34. The summed E-state index contributed by atoms with van der Waals surface area (Å²) in [4.78, 5) is 12.7. The minimum absolute atomic E-state index is 0.176. The molecular formula is C62H103F7O5Si3. The zero-order valence-corrected chi connectivity index (χ0v) is 53.0. The Hall–Kier alpha value is -2.31. The number of hydrogen-bond donors (Lipinski definition) is 0. The van der Waals surface area contributed by atoms with E-state index in [0.717, 1.165) is 42.5 Å². The van der Waals surface area contributed by atoms with Gasteiger partial charge in [-0.2, -0.15) is 30.7 Å². The Bertz CT molecular complexity index is 1920. The van der Waals surface area contributed by atoms with E-state index in [-0.39, 0.29) is 34.2 Å². The lowest BCUT2D eigenvalue weighted by molar-refractivity contribution is -0.354. The quantitative estimate of drug-likeness (QED) is 0.0292. The van der Waals surface area contributed by atoms with Gasteiger partial charge in [0.15, 0.2) is 8.32 Å².